The van der Waals surface area contributed by atoms with Crippen molar-refractivity contribution in [3.63, 3.8) is 0 Å². The number of hydrogen-bond donors (Lipinski definition) is 2. The molecule has 7 heteroatoms. The summed E-state index contributed by atoms with van der Waals surface area (Å²) < 4.78 is 12.1. The summed E-state index contributed by atoms with van der Waals surface area (Å²) in [7, 11) is 0. The molecule has 0 radical (unpaired) electrons. The number of anilines is 2. The van der Waals surface area contributed by atoms with E-state index in [4.69, 9.17) is 9.47 Å². The van der Waals surface area contributed by atoms with Gasteiger partial charge in [-0.3, -0.25) is 0 Å². The lowest BCUT2D eigenvalue weighted by molar-refractivity contribution is 0.262. The van der Waals surface area contributed by atoms with Crippen molar-refractivity contribution in [2.24, 2.45) is 0 Å². The van der Waals surface area contributed by atoms with E-state index < -0.39 is 0 Å². The van der Waals surface area contributed by atoms with Crippen LogP contribution in [0.25, 0.3) is 0 Å². The maximum atomic E-state index is 12.9. The second-order valence-electron chi connectivity index (χ2n) is 13.1. The number of urea groups is 1. The van der Waals surface area contributed by atoms with Gasteiger partial charge in [0, 0.05) is 34.4 Å². The van der Waals surface area contributed by atoms with Gasteiger partial charge in [0.15, 0.2) is 0 Å². The minimum Gasteiger partial charge on any atom is -0.494 e. The van der Waals surface area contributed by atoms with E-state index in [9.17, 15) is 4.79 Å². The average Bonchev–Trinajstić information content (AvgIpc) is 3.07. The second kappa shape index (κ2) is 22.8. The number of ether oxygens (including phenoxy) is 2. The number of rotatable bonds is 20. The van der Waals surface area contributed by atoms with Crippen molar-refractivity contribution in [1.82, 2.24) is 0 Å². The number of hydrogen-bond acceptors (Lipinski definition) is 5. The van der Waals surface area contributed by atoms with Crippen molar-refractivity contribution < 1.29 is 14.3 Å². The number of carbonyl (C=O) groups excluding carboxylic acids is 1. The summed E-state index contributed by atoms with van der Waals surface area (Å²) in [6, 6.07) is 20.6. The highest BCUT2D eigenvalue weighted by atomic mass is 32.2. The third kappa shape index (κ3) is 15.2. The van der Waals surface area contributed by atoms with E-state index in [1.807, 2.05) is 47.8 Å². The first-order valence-electron chi connectivity index (χ1n) is 18.5. The highest BCUT2D eigenvalue weighted by molar-refractivity contribution is 7.98. The number of nitrogens with one attached hydrogen (secondary N) is 2. The quantitative estimate of drug-likeness (QED) is 0.116. The first-order chi connectivity index (χ1) is 23.6. The van der Waals surface area contributed by atoms with Gasteiger partial charge < -0.3 is 20.1 Å². The van der Waals surface area contributed by atoms with Crippen LogP contribution in [0, 0.1) is 0 Å². The van der Waals surface area contributed by atoms with Crippen LogP contribution in [-0.2, 0) is 23.0 Å². The Labute approximate surface area is 299 Å². The molecular formula is C41H58N2O3S2. The van der Waals surface area contributed by atoms with Crippen molar-refractivity contribution in [3.8, 4) is 11.5 Å². The summed E-state index contributed by atoms with van der Waals surface area (Å²) in [4.78, 5) is 12.9. The zero-order valence-electron chi connectivity index (χ0n) is 29.5. The Bertz CT molecular complexity index is 1300. The number of benzene rings is 3. The Morgan fingerprint density at radius 3 is 1.46 bits per heavy atom. The molecule has 4 rings (SSSR count). The van der Waals surface area contributed by atoms with Gasteiger partial charge in [0.2, 0.25) is 0 Å². The molecule has 4 bridgehead atoms. The van der Waals surface area contributed by atoms with Gasteiger partial charge in [0.1, 0.15) is 11.5 Å². The van der Waals surface area contributed by atoms with E-state index in [1.165, 1.54) is 99.3 Å². The maximum absolute atomic E-state index is 12.9. The van der Waals surface area contributed by atoms with Crippen molar-refractivity contribution in [3.05, 3.63) is 82.9 Å². The van der Waals surface area contributed by atoms with E-state index in [1.54, 1.807) is 0 Å². The third-order valence-electron chi connectivity index (χ3n) is 8.56. The predicted molar refractivity (Wildman–Crippen MR) is 209 cm³/mol. The monoisotopic (exact) mass is 690 g/mol. The summed E-state index contributed by atoms with van der Waals surface area (Å²) in [5.74, 6) is 5.47. The molecule has 1 heterocycles. The van der Waals surface area contributed by atoms with Crippen LogP contribution in [0.3, 0.4) is 0 Å². The Balaban J connectivity index is 1.21. The average molecular weight is 691 g/mol. The van der Waals surface area contributed by atoms with Crippen molar-refractivity contribution >= 4 is 40.9 Å². The summed E-state index contributed by atoms with van der Waals surface area (Å²) in [5.41, 5.74) is 6.65. The smallest absolute Gasteiger partial charge is 0.323 e. The minimum atomic E-state index is -0.243. The summed E-state index contributed by atoms with van der Waals surface area (Å²) in [6.07, 6.45) is 18.1. The highest BCUT2D eigenvalue weighted by Crippen LogP contribution is 2.30. The fraction of sp³-hybridized carbons (Fsp3) is 0.537. The van der Waals surface area contributed by atoms with E-state index >= 15 is 0 Å². The Morgan fingerprint density at radius 2 is 0.938 bits per heavy atom. The number of amides is 2. The zero-order chi connectivity index (χ0) is 33.7. The van der Waals surface area contributed by atoms with E-state index in [0.29, 0.717) is 0 Å². The fourth-order valence-electron chi connectivity index (χ4n) is 5.98. The second-order valence-corrected chi connectivity index (χ2v) is 15.0. The molecule has 0 fully saturated rings. The molecule has 0 saturated heterocycles. The first-order valence-corrected chi connectivity index (χ1v) is 20.8. The molecule has 48 heavy (non-hydrogen) atoms. The van der Waals surface area contributed by atoms with Gasteiger partial charge >= 0.3 is 6.03 Å². The van der Waals surface area contributed by atoms with Crippen LogP contribution < -0.4 is 20.1 Å². The molecule has 0 atom stereocenters. The molecule has 0 aliphatic carbocycles. The molecular weight excluding hydrogens is 633 g/mol. The molecule has 0 spiro atoms. The van der Waals surface area contributed by atoms with Crippen LogP contribution in [0.1, 0.15) is 126 Å². The maximum Gasteiger partial charge on any atom is 0.323 e. The summed E-state index contributed by atoms with van der Waals surface area (Å²) in [5, 5.41) is 6.03. The van der Waals surface area contributed by atoms with E-state index in [2.05, 4.69) is 60.9 Å². The predicted octanol–water partition coefficient (Wildman–Crippen LogP) is 12.8. The highest BCUT2D eigenvalue weighted by Gasteiger charge is 2.10. The van der Waals surface area contributed by atoms with Crippen LogP contribution in [0.15, 0.2) is 60.7 Å². The molecule has 262 valence electrons. The number of thioether (sulfide) groups is 2. The Hall–Kier alpha value is -2.77. The molecule has 0 unspecified atom stereocenters. The topological polar surface area (TPSA) is 59.6 Å². The Kier molecular flexibility index (Phi) is 18.1. The normalized spacial score (nSPS) is 12.9. The standard InChI is InChI=1S/C41H58N2O3S2/c1-3-5-7-9-10-11-12-13-14-16-22-46-40-27-35-24-36(28-40)32-48-30-34-23-33(29-47-31-35)25-38(26-34)43-41(44)42-37-17-19-39(20-18-37)45-21-15-8-6-4-2/h17-20,23-28H,3-16,21-22,29-32H2,1-2H3,(H2,42,43,44). The van der Waals surface area contributed by atoms with Gasteiger partial charge in [-0.15, -0.1) is 0 Å². The van der Waals surface area contributed by atoms with Crippen LogP contribution in [0.4, 0.5) is 16.2 Å². The summed E-state index contributed by atoms with van der Waals surface area (Å²) >= 11 is 3.81. The van der Waals surface area contributed by atoms with Gasteiger partial charge in [-0.1, -0.05) is 103 Å². The van der Waals surface area contributed by atoms with Gasteiger partial charge in [-0.2, -0.15) is 23.5 Å². The molecule has 3 aromatic rings. The van der Waals surface area contributed by atoms with E-state index in [0.717, 1.165) is 71.9 Å². The molecule has 0 saturated carbocycles. The number of carbonyl (C=O) groups is 1. The Morgan fingerprint density at radius 1 is 0.521 bits per heavy atom. The first kappa shape index (κ1) is 38.0. The van der Waals surface area contributed by atoms with Gasteiger partial charge in [-0.25, -0.2) is 4.79 Å². The third-order valence-corrected chi connectivity index (χ3v) is 10.7. The molecule has 2 N–H and O–H groups in total. The zero-order valence-corrected chi connectivity index (χ0v) is 31.1. The number of fused-ring (bicyclic) bond motifs is 4. The number of unbranched alkanes of at least 4 members (excludes halogenated alkanes) is 12. The van der Waals surface area contributed by atoms with E-state index in [-0.39, 0.29) is 6.03 Å². The van der Waals surface area contributed by atoms with Crippen molar-refractivity contribution in [2.45, 2.75) is 127 Å². The molecule has 1 aliphatic heterocycles. The largest absolute Gasteiger partial charge is 0.494 e. The fourth-order valence-corrected chi connectivity index (χ4v) is 7.79. The lowest BCUT2D eigenvalue weighted by Gasteiger charge is -2.15. The van der Waals surface area contributed by atoms with Crippen molar-refractivity contribution in [2.75, 3.05) is 23.8 Å². The molecule has 0 aromatic heterocycles. The summed E-state index contributed by atoms with van der Waals surface area (Å²) in [6.45, 7) is 6.01. The SMILES string of the molecule is CCCCCCCCCCCCOc1cc2cc(c1)CSCc1cc(cc(NC(=O)Nc3ccc(OCCCCCC)cc3)c1)CSC2. The molecule has 3 aromatic carbocycles. The molecule has 1 aliphatic rings. The molecule has 5 nitrogen and oxygen atoms in total. The van der Waals surface area contributed by atoms with Crippen LogP contribution in [0.5, 0.6) is 11.5 Å². The lowest BCUT2D eigenvalue weighted by Crippen LogP contribution is -2.19. The van der Waals surface area contributed by atoms with Crippen molar-refractivity contribution in [1.29, 1.82) is 0 Å². The van der Waals surface area contributed by atoms with Gasteiger partial charge in [-0.05, 0) is 83.6 Å². The minimum absolute atomic E-state index is 0.243. The van der Waals surface area contributed by atoms with Crippen LogP contribution in [-0.4, -0.2) is 19.2 Å². The molecule has 2 amide bonds. The van der Waals surface area contributed by atoms with Gasteiger partial charge in [0.25, 0.3) is 0 Å². The van der Waals surface area contributed by atoms with Crippen LogP contribution in [0.2, 0.25) is 0 Å². The lowest BCUT2D eigenvalue weighted by atomic mass is 10.1. The van der Waals surface area contributed by atoms with Gasteiger partial charge in [0.05, 0.1) is 13.2 Å². The van der Waals surface area contributed by atoms with Crippen LogP contribution >= 0.6 is 23.5 Å².